The number of fused-ring (bicyclic) bond motifs is 3. The van der Waals surface area contributed by atoms with Crippen molar-refractivity contribution in [1.82, 2.24) is 14.6 Å². The maximum Gasteiger partial charge on any atom is 0.350 e. The van der Waals surface area contributed by atoms with Crippen molar-refractivity contribution in [2.75, 3.05) is 7.11 Å². The zero-order valence-electron chi connectivity index (χ0n) is 13.6. The molecule has 0 spiro atoms. The van der Waals surface area contributed by atoms with E-state index in [-0.39, 0.29) is 11.3 Å². The summed E-state index contributed by atoms with van der Waals surface area (Å²) in [5.74, 6) is 0.155. The van der Waals surface area contributed by atoms with E-state index in [1.807, 2.05) is 0 Å². The van der Waals surface area contributed by atoms with Gasteiger partial charge in [0.25, 0.3) is 0 Å². The number of ether oxygens (including phenoxy) is 1. The lowest BCUT2D eigenvalue weighted by molar-refractivity contribution is 0.420. The van der Waals surface area contributed by atoms with Gasteiger partial charge in [0.05, 0.1) is 29.7 Å². The lowest BCUT2D eigenvalue weighted by atomic mass is 10.2. The number of H-pyrrole nitrogens is 2. The van der Waals surface area contributed by atoms with Gasteiger partial charge in [0, 0.05) is 0 Å². The first-order valence-corrected chi connectivity index (χ1v) is 7.72. The summed E-state index contributed by atoms with van der Waals surface area (Å²) in [4.78, 5) is 30.7. The van der Waals surface area contributed by atoms with Crippen LogP contribution in [0.5, 0.6) is 5.75 Å². The lowest BCUT2D eigenvalue weighted by Gasteiger charge is -2.01. The van der Waals surface area contributed by atoms with Crippen LogP contribution in [0, 0.1) is 5.82 Å². The number of nitrogens with one attached hydrogen (secondary N) is 2. The number of nitrogens with zero attached hydrogens (tertiary/aromatic N) is 2. The topological polar surface area (TPSA) is 92.2 Å². The Labute approximate surface area is 145 Å². The molecule has 2 N–H and O–H groups in total. The van der Waals surface area contributed by atoms with Gasteiger partial charge in [-0.3, -0.25) is 4.79 Å². The highest BCUT2D eigenvalue weighted by Crippen LogP contribution is 2.29. The Hall–Kier alpha value is -3.68. The second-order valence-electron chi connectivity index (χ2n) is 5.60. The van der Waals surface area contributed by atoms with Crippen LogP contribution in [0.25, 0.3) is 21.9 Å². The van der Waals surface area contributed by atoms with Crippen molar-refractivity contribution < 1.29 is 9.13 Å². The number of aromatic amines is 2. The average molecular weight is 352 g/mol. The van der Waals surface area contributed by atoms with Crippen LogP contribution in [0.2, 0.25) is 0 Å². The highest BCUT2D eigenvalue weighted by Gasteiger charge is 2.15. The van der Waals surface area contributed by atoms with E-state index < -0.39 is 11.2 Å². The minimum atomic E-state index is -0.687. The third-order valence-electron chi connectivity index (χ3n) is 4.03. The van der Waals surface area contributed by atoms with Crippen molar-refractivity contribution in [3.05, 3.63) is 74.7 Å². The summed E-state index contributed by atoms with van der Waals surface area (Å²) < 4.78 is 19.0. The molecule has 0 amide bonds. The first-order valence-electron chi connectivity index (χ1n) is 7.72. The molecule has 130 valence electrons. The molecule has 0 saturated carbocycles. The lowest BCUT2D eigenvalue weighted by Crippen LogP contribution is -2.32. The Morgan fingerprint density at radius 2 is 1.85 bits per heavy atom. The summed E-state index contributed by atoms with van der Waals surface area (Å²) in [6, 6.07) is 10.8. The van der Waals surface area contributed by atoms with Crippen LogP contribution in [-0.4, -0.2) is 28.0 Å². The van der Waals surface area contributed by atoms with Crippen LogP contribution in [-0.2, 0) is 0 Å². The molecular formula is C18H13FN4O3. The fourth-order valence-electron chi connectivity index (χ4n) is 2.81. The Bertz CT molecular complexity index is 1270. The molecule has 0 aliphatic heterocycles. The third kappa shape index (κ3) is 2.48. The first kappa shape index (κ1) is 15.8. The SMILES string of the molecule is COc1cccc2[nH]c3c(=O)n(/N=C/c4ccc(F)cc4)c(=O)[nH]c3c12. The quantitative estimate of drug-likeness (QED) is 0.554. The molecule has 4 rings (SSSR count). The van der Waals surface area contributed by atoms with Gasteiger partial charge in [0.1, 0.15) is 17.1 Å². The molecule has 0 saturated heterocycles. The fraction of sp³-hybridized carbons (Fsp3) is 0.0556. The molecule has 2 aromatic carbocycles. The number of methoxy groups -OCH3 is 1. The highest BCUT2D eigenvalue weighted by atomic mass is 19.1. The molecule has 4 aromatic rings. The molecule has 26 heavy (non-hydrogen) atoms. The monoisotopic (exact) mass is 352 g/mol. The number of hydrogen-bond acceptors (Lipinski definition) is 4. The second kappa shape index (κ2) is 5.99. The Morgan fingerprint density at radius 3 is 2.58 bits per heavy atom. The molecule has 8 heteroatoms. The molecule has 0 atom stereocenters. The molecule has 0 radical (unpaired) electrons. The van der Waals surface area contributed by atoms with Gasteiger partial charge in [0.2, 0.25) is 0 Å². The summed E-state index contributed by atoms with van der Waals surface area (Å²) >= 11 is 0. The Balaban J connectivity index is 1.92. The van der Waals surface area contributed by atoms with Gasteiger partial charge in [-0.25, -0.2) is 9.18 Å². The molecule has 2 heterocycles. The van der Waals surface area contributed by atoms with Gasteiger partial charge in [-0.1, -0.05) is 18.2 Å². The predicted molar refractivity (Wildman–Crippen MR) is 96.6 cm³/mol. The number of benzene rings is 2. The van der Waals surface area contributed by atoms with E-state index in [9.17, 15) is 14.0 Å². The zero-order chi connectivity index (χ0) is 18.3. The van der Waals surface area contributed by atoms with Crippen molar-refractivity contribution in [2.45, 2.75) is 0 Å². The van der Waals surface area contributed by atoms with E-state index in [0.29, 0.717) is 32.4 Å². The first-order chi connectivity index (χ1) is 12.6. The van der Waals surface area contributed by atoms with Crippen molar-refractivity contribution in [2.24, 2.45) is 5.10 Å². The van der Waals surface area contributed by atoms with Crippen LogP contribution in [0.3, 0.4) is 0 Å². The van der Waals surface area contributed by atoms with Crippen molar-refractivity contribution in [1.29, 1.82) is 0 Å². The third-order valence-corrected chi connectivity index (χ3v) is 4.03. The van der Waals surface area contributed by atoms with Crippen LogP contribution in [0.4, 0.5) is 4.39 Å². The smallest absolute Gasteiger partial charge is 0.350 e. The molecule has 2 aromatic heterocycles. The van der Waals surface area contributed by atoms with Gasteiger partial charge >= 0.3 is 11.2 Å². The summed E-state index contributed by atoms with van der Waals surface area (Å²) in [6.07, 6.45) is 1.31. The maximum absolute atomic E-state index is 12.9. The maximum atomic E-state index is 12.9. The minimum Gasteiger partial charge on any atom is -0.496 e. The summed E-state index contributed by atoms with van der Waals surface area (Å²) in [5.41, 5.74) is 0.498. The number of hydrogen-bond donors (Lipinski definition) is 2. The molecular weight excluding hydrogens is 339 g/mol. The van der Waals surface area contributed by atoms with Crippen LogP contribution in [0.1, 0.15) is 5.56 Å². The molecule has 0 aliphatic rings. The van der Waals surface area contributed by atoms with E-state index in [1.54, 1.807) is 18.2 Å². The van der Waals surface area contributed by atoms with Crippen molar-refractivity contribution in [3.8, 4) is 5.75 Å². The van der Waals surface area contributed by atoms with E-state index >= 15 is 0 Å². The normalized spacial score (nSPS) is 11.6. The summed E-state index contributed by atoms with van der Waals surface area (Å²) in [7, 11) is 1.51. The second-order valence-corrected chi connectivity index (χ2v) is 5.60. The van der Waals surface area contributed by atoms with Gasteiger partial charge in [-0.15, -0.1) is 4.68 Å². The van der Waals surface area contributed by atoms with E-state index in [4.69, 9.17) is 4.74 Å². The van der Waals surface area contributed by atoms with Crippen LogP contribution < -0.4 is 16.0 Å². The standard InChI is InChI=1S/C18H13FN4O3/c1-26-13-4-2-3-12-14(13)15-16(21-12)17(24)23(18(25)22-15)20-9-10-5-7-11(19)8-6-10/h2-9,21H,1H3,(H,22,25)/b20-9+. The molecule has 0 bridgehead atoms. The number of aromatic nitrogens is 3. The molecule has 7 nitrogen and oxygen atoms in total. The Morgan fingerprint density at radius 1 is 1.08 bits per heavy atom. The molecule has 0 unspecified atom stereocenters. The molecule has 0 fully saturated rings. The van der Waals surface area contributed by atoms with Gasteiger partial charge < -0.3 is 14.7 Å². The van der Waals surface area contributed by atoms with E-state index in [0.717, 1.165) is 0 Å². The number of rotatable bonds is 3. The molecule has 0 aliphatic carbocycles. The van der Waals surface area contributed by atoms with Gasteiger partial charge in [-0.2, -0.15) is 5.10 Å². The largest absolute Gasteiger partial charge is 0.496 e. The summed E-state index contributed by atoms with van der Waals surface area (Å²) in [6.45, 7) is 0. The van der Waals surface area contributed by atoms with Crippen LogP contribution in [0.15, 0.2) is 57.2 Å². The number of halogens is 1. The fourth-order valence-corrected chi connectivity index (χ4v) is 2.81. The highest BCUT2D eigenvalue weighted by molar-refractivity contribution is 6.07. The van der Waals surface area contributed by atoms with Gasteiger partial charge in [-0.05, 0) is 29.8 Å². The van der Waals surface area contributed by atoms with Crippen molar-refractivity contribution >= 4 is 28.2 Å². The van der Waals surface area contributed by atoms with Crippen molar-refractivity contribution in [3.63, 3.8) is 0 Å². The van der Waals surface area contributed by atoms with E-state index in [1.165, 1.54) is 37.6 Å². The van der Waals surface area contributed by atoms with Gasteiger partial charge in [0.15, 0.2) is 0 Å². The Kier molecular flexibility index (Phi) is 3.65. The van der Waals surface area contributed by atoms with Crippen LogP contribution >= 0.6 is 0 Å². The predicted octanol–water partition coefficient (Wildman–Crippen LogP) is 2.20. The average Bonchev–Trinajstić information content (AvgIpc) is 3.02. The summed E-state index contributed by atoms with van der Waals surface area (Å²) in [5, 5.41) is 4.55. The zero-order valence-corrected chi connectivity index (χ0v) is 13.6. The van der Waals surface area contributed by atoms with E-state index in [2.05, 4.69) is 15.1 Å². The minimum absolute atomic E-state index is 0.209.